The fourth-order valence-electron chi connectivity index (χ4n) is 2.08. The molecule has 2 rings (SSSR count). The number of carbonyl (C=O) groups excluding carboxylic acids is 1. The molecule has 1 amide bonds. The Balaban J connectivity index is 0.00000312. The maximum atomic E-state index is 12.0. The first-order valence-electron chi connectivity index (χ1n) is 7.08. The van der Waals surface area contributed by atoms with Crippen molar-refractivity contribution in [2.75, 3.05) is 19.5 Å². The molecule has 0 unspecified atom stereocenters. The van der Waals surface area contributed by atoms with Crippen LogP contribution in [0.4, 0.5) is 5.69 Å². The maximum absolute atomic E-state index is 12.0. The zero-order chi connectivity index (χ0) is 17.5. The fraction of sp³-hybridized carbons (Fsp3) is 0.111. The van der Waals surface area contributed by atoms with Gasteiger partial charge in [-0.25, -0.2) is 4.79 Å². The highest BCUT2D eigenvalue weighted by Crippen LogP contribution is 2.28. The van der Waals surface area contributed by atoms with Crippen LogP contribution in [0.2, 0.25) is 0 Å². The van der Waals surface area contributed by atoms with Crippen molar-refractivity contribution < 1.29 is 27.0 Å². The van der Waals surface area contributed by atoms with Crippen molar-refractivity contribution in [3.63, 3.8) is 0 Å². The van der Waals surface area contributed by atoms with E-state index in [4.69, 9.17) is 14.6 Å². The average Bonchev–Trinajstić information content (AvgIpc) is 2.59. The van der Waals surface area contributed by atoms with E-state index < -0.39 is 11.9 Å². The standard InChI is InChI=1S/C18H17NO5.2H2/c1-23-15-9-7-12(11-16(15)24-2)8-10-17(20)19-14-6-4-3-5-13(14)18(21)22;;/h3-11H,1-2H3,(H,19,20)(H,21,22);2*1H/b10-8+;;. The Kier molecular flexibility index (Phi) is 5.57. The summed E-state index contributed by atoms with van der Waals surface area (Å²) in [5.41, 5.74) is 1.02. The number of carboxylic acids is 1. The molecule has 2 aromatic carbocycles. The summed E-state index contributed by atoms with van der Waals surface area (Å²) < 4.78 is 10.3. The van der Waals surface area contributed by atoms with Crippen LogP contribution in [0.3, 0.4) is 0 Å². The zero-order valence-corrected chi connectivity index (χ0v) is 13.3. The van der Waals surface area contributed by atoms with E-state index in [-0.39, 0.29) is 14.1 Å². The Hall–Kier alpha value is -3.28. The minimum atomic E-state index is -1.10. The molecule has 0 saturated carbocycles. The van der Waals surface area contributed by atoms with Crippen LogP contribution in [0, 0.1) is 0 Å². The molecule has 0 aliphatic heterocycles. The average molecular weight is 331 g/mol. The van der Waals surface area contributed by atoms with E-state index in [1.165, 1.54) is 25.3 Å². The summed E-state index contributed by atoms with van der Waals surface area (Å²) in [6.45, 7) is 0. The van der Waals surface area contributed by atoms with Gasteiger partial charge < -0.3 is 19.9 Å². The summed E-state index contributed by atoms with van der Waals surface area (Å²) in [7, 11) is 3.07. The summed E-state index contributed by atoms with van der Waals surface area (Å²) in [6.07, 6.45) is 2.92. The molecule has 0 atom stereocenters. The number of rotatable bonds is 6. The van der Waals surface area contributed by atoms with Crippen molar-refractivity contribution in [1.29, 1.82) is 0 Å². The number of hydrogen-bond acceptors (Lipinski definition) is 4. The van der Waals surface area contributed by atoms with Crippen LogP contribution in [0.25, 0.3) is 6.08 Å². The first-order valence-corrected chi connectivity index (χ1v) is 7.08. The third kappa shape index (κ3) is 4.13. The van der Waals surface area contributed by atoms with E-state index in [0.717, 1.165) is 5.56 Å². The van der Waals surface area contributed by atoms with E-state index in [0.29, 0.717) is 11.5 Å². The van der Waals surface area contributed by atoms with Gasteiger partial charge in [-0.1, -0.05) is 18.2 Å². The lowest BCUT2D eigenvalue weighted by Crippen LogP contribution is -2.11. The van der Waals surface area contributed by atoms with E-state index in [9.17, 15) is 9.59 Å². The van der Waals surface area contributed by atoms with Crippen LogP contribution in [0.5, 0.6) is 11.5 Å². The maximum Gasteiger partial charge on any atom is 0.337 e. The van der Waals surface area contributed by atoms with Gasteiger partial charge in [-0.05, 0) is 35.9 Å². The molecule has 6 nitrogen and oxygen atoms in total. The van der Waals surface area contributed by atoms with Crippen molar-refractivity contribution in [3.8, 4) is 11.5 Å². The number of aromatic carboxylic acids is 1. The van der Waals surface area contributed by atoms with Crippen molar-refractivity contribution in [2.45, 2.75) is 0 Å². The van der Waals surface area contributed by atoms with Crippen molar-refractivity contribution in [3.05, 3.63) is 59.7 Å². The Morgan fingerprint density at radius 1 is 1.08 bits per heavy atom. The first-order chi connectivity index (χ1) is 11.5. The predicted molar refractivity (Wildman–Crippen MR) is 94.8 cm³/mol. The minimum absolute atomic E-state index is 0. The monoisotopic (exact) mass is 331 g/mol. The highest BCUT2D eigenvalue weighted by Gasteiger charge is 2.10. The van der Waals surface area contributed by atoms with Gasteiger partial charge in [-0.3, -0.25) is 4.79 Å². The molecule has 0 aromatic heterocycles. The first kappa shape index (κ1) is 17.1. The van der Waals surface area contributed by atoms with E-state index in [1.54, 1.807) is 43.5 Å². The van der Waals surface area contributed by atoms with Gasteiger partial charge in [-0.15, -0.1) is 0 Å². The number of methoxy groups -OCH3 is 2. The number of nitrogens with one attached hydrogen (secondary N) is 1. The van der Waals surface area contributed by atoms with Crippen molar-refractivity contribution in [2.24, 2.45) is 0 Å². The summed E-state index contributed by atoms with van der Waals surface area (Å²) in [5.74, 6) is -0.390. The molecule has 24 heavy (non-hydrogen) atoms. The molecule has 0 fully saturated rings. The molecule has 0 aliphatic carbocycles. The second-order valence-electron chi connectivity index (χ2n) is 4.79. The molecular formula is C18H21NO5. The number of anilines is 1. The molecule has 6 heteroatoms. The van der Waals surface area contributed by atoms with Crippen molar-refractivity contribution >= 4 is 23.6 Å². The summed E-state index contributed by atoms with van der Waals surface area (Å²) in [6, 6.07) is 11.4. The van der Waals surface area contributed by atoms with E-state index in [1.807, 2.05) is 0 Å². The smallest absolute Gasteiger partial charge is 0.337 e. The van der Waals surface area contributed by atoms with E-state index >= 15 is 0 Å². The quantitative estimate of drug-likeness (QED) is 0.791. The second kappa shape index (κ2) is 7.82. The van der Waals surface area contributed by atoms with Crippen LogP contribution >= 0.6 is 0 Å². The third-order valence-electron chi connectivity index (χ3n) is 3.25. The summed E-state index contributed by atoms with van der Waals surface area (Å²) in [5, 5.41) is 11.6. The SMILES string of the molecule is COc1ccc(/C=C/C(=O)Nc2ccccc2C(=O)O)cc1OC.[HH].[HH]. The molecule has 0 bridgehead atoms. The predicted octanol–water partition coefficient (Wildman–Crippen LogP) is 3.55. The molecule has 2 N–H and O–H groups in total. The largest absolute Gasteiger partial charge is 0.493 e. The fourth-order valence-corrected chi connectivity index (χ4v) is 2.08. The van der Waals surface area contributed by atoms with Crippen LogP contribution in [0.1, 0.15) is 18.8 Å². The van der Waals surface area contributed by atoms with Gasteiger partial charge in [0.25, 0.3) is 0 Å². The number of benzene rings is 2. The zero-order valence-electron chi connectivity index (χ0n) is 13.3. The Bertz CT molecular complexity index is 793. The van der Waals surface area contributed by atoms with Crippen LogP contribution < -0.4 is 14.8 Å². The van der Waals surface area contributed by atoms with Gasteiger partial charge in [0.1, 0.15) is 0 Å². The van der Waals surface area contributed by atoms with Gasteiger partial charge >= 0.3 is 5.97 Å². The normalized spacial score (nSPS) is 10.4. The number of hydrogen-bond donors (Lipinski definition) is 2. The summed E-state index contributed by atoms with van der Waals surface area (Å²) >= 11 is 0. The third-order valence-corrected chi connectivity index (χ3v) is 3.25. The highest BCUT2D eigenvalue weighted by atomic mass is 16.5. The number of ether oxygens (including phenoxy) is 2. The second-order valence-corrected chi connectivity index (χ2v) is 4.79. The molecule has 2 aromatic rings. The number of amides is 1. The highest BCUT2D eigenvalue weighted by molar-refractivity contribution is 6.06. The lowest BCUT2D eigenvalue weighted by atomic mass is 10.1. The van der Waals surface area contributed by atoms with Gasteiger partial charge in [-0.2, -0.15) is 0 Å². The van der Waals surface area contributed by atoms with Crippen LogP contribution in [0.15, 0.2) is 48.5 Å². The van der Waals surface area contributed by atoms with Gasteiger partial charge in [0.05, 0.1) is 25.5 Å². The van der Waals surface area contributed by atoms with E-state index in [2.05, 4.69) is 5.32 Å². The lowest BCUT2D eigenvalue weighted by molar-refractivity contribution is -0.111. The van der Waals surface area contributed by atoms with Crippen LogP contribution in [-0.4, -0.2) is 31.2 Å². The van der Waals surface area contributed by atoms with Gasteiger partial charge in [0.15, 0.2) is 11.5 Å². The topological polar surface area (TPSA) is 84.9 Å². The molecule has 0 heterocycles. The Morgan fingerprint density at radius 3 is 2.46 bits per heavy atom. The molecule has 0 radical (unpaired) electrons. The van der Waals surface area contributed by atoms with Crippen LogP contribution in [-0.2, 0) is 4.79 Å². The number of carboxylic acid groups (broad SMARTS) is 1. The number of para-hydroxylation sites is 1. The summed E-state index contributed by atoms with van der Waals surface area (Å²) in [4.78, 5) is 23.1. The van der Waals surface area contributed by atoms with Gasteiger partial charge in [0, 0.05) is 8.93 Å². The Labute approximate surface area is 142 Å². The molecular weight excluding hydrogens is 310 g/mol. The number of carbonyl (C=O) groups is 2. The van der Waals surface area contributed by atoms with Crippen molar-refractivity contribution in [1.82, 2.24) is 0 Å². The molecule has 128 valence electrons. The molecule has 0 saturated heterocycles. The molecule has 0 aliphatic rings. The molecule has 0 spiro atoms. The Morgan fingerprint density at radius 2 is 1.79 bits per heavy atom. The lowest BCUT2D eigenvalue weighted by Gasteiger charge is -2.08. The van der Waals surface area contributed by atoms with Gasteiger partial charge in [0.2, 0.25) is 5.91 Å². The minimum Gasteiger partial charge on any atom is -0.493 e.